The van der Waals surface area contributed by atoms with Crippen molar-refractivity contribution in [3.05, 3.63) is 71.6 Å². The van der Waals surface area contributed by atoms with E-state index in [-0.39, 0.29) is 36.5 Å². The Morgan fingerprint density at radius 1 is 1.13 bits per heavy atom. The Kier molecular flexibility index (Phi) is 6.68. The number of nitrogens with zero attached hydrogens (tertiary/aromatic N) is 2. The van der Waals surface area contributed by atoms with Crippen LogP contribution in [0.4, 0.5) is 14.9 Å². The molecule has 2 aliphatic heterocycles. The van der Waals surface area contributed by atoms with Gasteiger partial charge >= 0.3 is 6.03 Å². The largest absolute Gasteiger partial charge is 0.395 e. The van der Waals surface area contributed by atoms with Crippen LogP contribution in [0.1, 0.15) is 36.8 Å². The Hall–Kier alpha value is -2.70. The monoisotopic (exact) mass is 423 g/mol. The Morgan fingerprint density at radius 2 is 1.84 bits per heavy atom. The van der Waals surface area contributed by atoms with E-state index in [9.17, 15) is 14.3 Å². The molecule has 0 saturated carbocycles. The highest BCUT2D eigenvalue weighted by Crippen LogP contribution is 2.42. The van der Waals surface area contributed by atoms with E-state index in [2.05, 4.69) is 40.6 Å². The van der Waals surface area contributed by atoms with E-state index >= 15 is 0 Å². The van der Waals surface area contributed by atoms with Crippen LogP contribution in [0.5, 0.6) is 0 Å². The summed E-state index contributed by atoms with van der Waals surface area (Å²) < 4.78 is 13.2. The van der Waals surface area contributed by atoms with E-state index in [0.29, 0.717) is 18.8 Å². The predicted molar refractivity (Wildman–Crippen MR) is 121 cm³/mol. The summed E-state index contributed by atoms with van der Waals surface area (Å²) in [7, 11) is 0. The van der Waals surface area contributed by atoms with Crippen LogP contribution in [0.15, 0.2) is 54.6 Å². The van der Waals surface area contributed by atoms with Gasteiger partial charge < -0.3 is 15.3 Å². The predicted octanol–water partition coefficient (Wildman–Crippen LogP) is 4.32. The minimum Gasteiger partial charge on any atom is -0.395 e. The molecule has 2 aromatic rings. The van der Waals surface area contributed by atoms with Crippen molar-refractivity contribution < 1.29 is 14.3 Å². The topological polar surface area (TPSA) is 55.8 Å². The molecule has 2 aromatic carbocycles. The highest BCUT2D eigenvalue weighted by Gasteiger charge is 2.49. The zero-order chi connectivity index (χ0) is 21.8. The molecule has 3 atom stereocenters. The minimum atomic E-state index is -0.326. The third kappa shape index (κ3) is 4.65. The van der Waals surface area contributed by atoms with Crippen molar-refractivity contribution in [1.29, 1.82) is 0 Å². The van der Waals surface area contributed by atoms with Gasteiger partial charge in [-0.25, -0.2) is 9.18 Å². The Morgan fingerprint density at radius 3 is 2.52 bits per heavy atom. The van der Waals surface area contributed by atoms with Crippen LogP contribution < -0.4 is 5.32 Å². The van der Waals surface area contributed by atoms with Gasteiger partial charge in [-0.3, -0.25) is 4.90 Å². The van der Waals surface area contributed by atoms with Crippen LogP contribution >= 0.6 is 0 Å². The van der Waals surface area contributed by atoms with Crippen molar-refractivity contribution in [2.24, 2.45) is 0 Å². The third-order valence-electron chi connectivity index (χ3n) is 6.43. The molecule has 0 radical (unpaired) electrons. The first-order valence-electron chi connectivity index (χ1n) is 11.0. The summed E-state index contributed by atoms with van der Waals surface area (Å²) in [6.45, 7) is 4.34. The van der Waals surface area contributed by atoms with Crippen molar-refractivity contribution in [2.75, 3.05) is 31.6 Å². The normalized spacial score (nSPS) is 24.2. The number of carbonyl (C=O) groups excluding carboxylic acids is 1. The van der Waals surface area contributed by atoms with E-state index in [1.165, 1.54) is 17.7 Å². The van der Waals surface area contributed by atoms with E-state index in [4.69, 9.17) is 0 Å². The van der Waals surface area contributed by atoms with E-state index in [1.54, 1.807) is 12.1 Å². The number of urea groups is 1. The van der Waals surface area contributed by atoms with Gasteiger partial charge in [-0.2, -0.15) is 0 Å². The lowest BCUT2D eigenvalue weighted by atomic mass is 9.74. The van der Waals surface area contributed by atoms with Crippen molar-refractivity contribution >= 4 is 17.8 Å². The molecular formula is C25H30FN3O2. The lowest BCUT2D eigenvalue weighted by molar-refractivity contribution is -0.0585. The number of aliphatic hydroxyl groups is 1. The van der Waals surface area contributed by atoms with E-state index < -0.39 is 0 Å². The fraction of sp³-hybridized carbons (Fsp3) is 0.400. The number of fused-ring (bicyclic) bond motifs is 1. The molecule has 164 valence electrons. The number of benzene rings is 2. The molecule has 31 heavy (non-hydrogen) atoms. The molecule has 0 bridgehead atoms. The fourth-order valence-electron chi connectivity index (χ4n) is 4.88. The Bertz CT molecular complexity index is 913. The summed E-state index contributed by atoms with van der Waals surface area (Å²) in [5.41, 5.74) is 2.94. The number of carbonyl (C=O) groups is 1. The number of anilines is 1. The van der Waals surface area contributed by atoms with Crippen molar-refractivity contribution in [3.8, 4) is 0 Å². The number of hydrogen-bond acceptors (Lipinski definition) is 3. The van der Waals surface area contributed by atoms with Gasteiger partial charge in [0.15, 0.2) is 0 Å². The zero-order valence-corrected chi connectivity index (χ0v) is 17.9. The van der Waals surface area contributed by atoms with Gasteiger partial charge in [0, 0.05) is 36.8 Å². The van der Waals surface area contributed by atoms with Gasteiger partial charge in [-0.15, -0.1) is 0 Å². The smallest absolute Gasteiger partial charge is 0.321 e. The quantitative estimate of drug-likeness (QED) is 0.770. The number of allylic oxidation sites excluding steroid dienone is 1. The average Bonchev–Trinajstić information content (AvgIpc) is 2.75. The van der Waals surface area contributed by atoms with Gasteiger partial charge in [0.25, 0.3) is 0 Å². The van der Waals surface area contributed by atoms with E-state index in [0.717, 1.165) is 24.9 Å². The molecule has 0 aromatic heterocycles. The van der Waals surface area contributed by atoms with Crippen LogP contribution in [-0.4, -0.2) is 59.3 Å². The molecule has 2 heterocycles. The second kappa shape index (κ2) is 9.62. The van der Waals surface area contributed by atoms with Crippen LogP contribution in [0, 0.1) is 5.82 Å². The van der Waals surface area contributed by atoms with Gasteiger partial charge in [0.2, 0.25) is 0 Å². The number of aliphatic hydroxyl groups excluding tert-OH is 1. The molecular weight excluding hydrogens is 393 g/mol. The Labute approximate surface area is 183 Å². The number of hydrogen-bond donors (Lipinski definition) is 2. The van der Waals surface area contributed by atoms with Crippen LogP contribution in [0.25, 0.3) is 6.08 Å². The summed E-state index contributed by atoms with van der Waals surface area (Å²) in [5.74, 6) is -0.142. The second-order valence-corrected chi connectivity index (χ2v) is 8.34. The summed E-state index contributed by atoms with van der Waals surface area (Å²) >= 11 is 0. The second-order valence-electron chi connectivity index (χ2n) is 8.34. The molecule has 2 amide bonds. The van der Waals surface area contributed by atoms with Crippen molar-refractivity contribution in [3.63, 3.8) is 0 Å². The summed E-state index contributed by atoms with van der Waals surface area (Å²) in [6, 6.07) is 14.4. The Balaban J connectivity index is 1.51. The molecule has 2 N–H and O–H groups in total. The average molecular weight is 424 g/mol. The van der Waals surface area contributed by atoms with Crippen molar-refractivity contribution in [2.45, 2.75) is 37.8 Å². The highest BCUT2D eigenvalue weighted by atomic mass is 19.1. The van der Waals surface area contributed by atoms with Gasteiger partial charge in [-0.05, 0) is 61.7 Å². The number of rotatable bonds is 4. The first kappa shape index (κ1) is 21.5. The maximum Gasteiger partial charge on any atom is 0.321 e. The number of amides is 2. The maximum atomic E-state index is 13.2. The summed E-state index contributed by atoms with van der Waals surface area (Å²) in [4.78, 5) is 17.2. The highest BCUT2D eigenvalue weighted by molar-refractivity contribution is 5.89. The SMILES string of the molecule is CC=Cc1ccc([C@H]2[C@H]3CN(C(=O)Nc4ccc(F)cc4)CCCCN3[C@H]2CO)cc1. The zero-order valence-electron chi connectivity index (χ0n) is 17.9. The van der Waals surface area contributed by atoms with E-state index in [1.807, 2.05) is 17.9 Å². The number of halogens is 1. The standard InChI is InChI=1S/C25H30FN3O2/c1-2-5-18-6-8-19(9-7-18)24-22-16-28(14-3-4-15-29(22)23(24)17-30)25(31)27-21-12-10-20(26)11-13-21/h2,5-13,22-24,30H,3-4,14-17H2,1H3,(H,27,31)/t22-,23+,24+/m1/s1. The lowest BCUT2D eigenvalue weighted by Crippen LogP contribution is -2.68. The number of nitrogens with one attached hydrogen (secondary N) is 1. The molecule has 0 unspecified atom stereocenters. The van der Waals surface area contributed by atoms with Crippen molar-refractivity contribution in [1.82, 2.24) is 9.80 Å². The van der Waals surface area contributed by atoms with Crippen LogP contribution in [0.3, 0.4) is 0 Å². The minimum absolute atomic E-state index is 0.0812. The lowest BCUT2D eigenvalue weighted by Gasteiger charge is -2.57. The van der Waals surface area contributed by atoms with Gasteiger partial charge in [-0.1, -0.05) is 36.4 Å². The summed E-state index contributed by atoms with van der Waals surface area (Å²) in [6.07, 6.45) is 5.99. The van der Waals surface area contributed by atoms with Gasteiger partial charge in [0.1, 0.15) is 5.82 Å². The first-order chi connectivity index (χ1) is 15.1. The molecule has 2 aliphatic rings. The molecule has 0 spiro atoms. The molecule has 4 rings (SSSR count). The van der Waals surface area contributed by atoms with Gasteiger partial charge in [0.05, 0.1) is 6.61 Å². The van der Waals surface area contributed by atoms with Crippen LogP contribution in [0.2, 0.25) is 0 Å². The summed E-state index contributed by atoms with van der Waals surface area (Å²) in [5, 5.41) is 13.0. The molecule has 2 fully saturated rings. The van der Waals surface area contributed by atoms with Crippen LogP contribution in [-0.2, 0) is 0 Å². The molecule has 5 nitrogen and oxygen atoms in total. The molecule has 0 aliphatic carbocycles. The fourth-order valence-corrected chi connectivity index (χ4v) is 4.88. The first-order valence-corrected chi connectivity index (χ1v) is 11.0. The molecule has 6 heteroatoms. The molecule has 2 saturated heterocycles. The maximum absolute atomic E-state index is 13.2. The third-order valence-corrected chi connectivity index (χ3v) is 6.43.